The Kier molecular flexibility index (Phi) is 285. The standard InChI is InChI=1S/2C12H10I.4C6H6.2C3H8.12C2H6.4CH4O.2ClH/c2*1-3-7-11(8-4-1)13-12-9-5-2-6-10-12;4*1-2-4-6-5-3-1;2*1-3-2;16*1-2;;/h2*1-10H;4*1-6H;2*3H2,1-2H3;12*1-2H3;4*2H,1H3;2*1H/q2*+1;;;;;;;;;;;;;;;;;;;;;;;;/p-2. The van der Waals surface area contributed by atoms with Gasteiger partial charge in [-0.05, 0) is 48.5 Å². The summed E-state index contributed by atoms with van der Waals surface area (Å²) in [7, 11) is 4.00. The van der Waals surface area contributed by atoms with Gasteiger partial charge < -0.3 is 45.2 Å². The fourth-order valence-corrected chi connectivity index (χ4v) is 8.24. The van der Waals surface area contributed by atoms with Crippen LogP contribution in [0.5, 0.6) is 0 Å². The predicted molar refractivity (Wildman–Crippen MR) is 407 cm³/mol. The van der Waals surface area contributed by atoms with Crippen molar-refractivity contribution < 1.29 is 87.7 Å². The Bertz CT molecular complexity index is 1470. The van der Waals surface area contributed by atoms with Gasteiger partial charge in [0.05, 0.1) is 0 Å². The molecule has 8 rings (SSSR count). The van der Waals surface area contributed by atoms with Crippen molar-refractivity contribution in [2.75, 3.05) is 28.4 Å². The Morgan fingerprint density at radius 3 is 0.289 bits per heavy atom. The summed E-state index contributed by atoms with van der Waals surface area (Å²) in [5.41, 5.74) is 0. The first kappa shape index (κ1) is 134. The van der Waals surface area contributed by atoms with E-state index in [1.807, 2.05) is 312 Å². The molecule has 0 aliphatic rings. The highest BCUT2D eigenvalue weighted by molar-refractivity contribution is 5.05. The molecule has 528 valence electrons. The molecule has 0 heterocycles. The van der Waals surface area contributed by atoms with Gasteiger partial charge in [-0.2, -0.15) is 0 Å². The molecular formula is C82H148Cl2I2O4. The highest BCUT2D eigenvalue weighted by Crippen LogP contribution is 1.88. The molecule has 0 saturated heterocycles. The molecule has 4 nitrogen and oxygen atoms in total. The Labute approximate surface area is 599 Å². The molecular weight excluding hydrogens is 1370 g/mol. The third-order valence-corrected chi connectivity index (χ3v) is 11.4. The van der Waals surface area contributed by atoms with Crippen molar-refractivity contribution in [3.8, 4) is 0 Å². The molecule has 4 N–H and O–H groups in total. The van der Waals surface area contributed by atoms with E-state index in [4.69, 9.17) is 20.4 Å². The second-order valence-corrected chi connectivity index (χ2v) is 17.5. The van der Waals surface area contributed by atoms with E-state index in [1.165, 1.54) is 27.1 Å². The number of aliphatic hydroxyl groups is 4. The maximum absolute atomic E-state index is 7.00. The van der Waals surface area contributed by atoms with Crippen molar-refractivity contribution in [3.05, 3.63) is 281 Å². The average Bonchev–Trinajstić information content (AvgIpc) is 3.68. The highest BCUT2D eigenvalue weighted by atomic mass is 127. The van der Waals surface area contributed by atoms with Crippen LogP contribution in [0.4, 0.5) is 0 Å². The van der Waals surface area contributed by atoms with Crippen LogP contribution in [0.2, 0.25) is 0 Å². The van der Waals surface area contributed by atoms with E-state index in [9.17, 15) is 0 Å². The van der Waals surface area contributed by atoms with E-state index in [0.717, 1.165) is 28.4 Å². The minimum absolute atomic E-state index is 0. The predicted octanol–water partition coefficient (Wildman–Crippen LogP) is 14.0. The molecule has 8 heteroatoms. The number of benzene rings is 8. The van der Waals surface area contributed by atoms with E-state index >= 15 is 0 Å². The van der Waals surface area contributed by atoms with Crippen LogP contribution in [-0.4, -0.2) is 48.9 Å². The molecule has 0 aromatic heterocycles. The van der Waals surface area contributed by atoms with Gasteiger partial charge in [0.15, 0.2) is 14.3 Å². The Morgan fingerprint density at radius 2 is 0.222 bits per heavy atom. The summed E-state index contributed by atoms with van der Waals surface area (Å²) in [5, 5.41) is 28.0. The van der Waals surface area contributed by atoms with Crippen LogP contribution in [0.1, 0.15) is 207 Å². The first-order valence-electron chi connectivity index (χ1n) is 33.0. The number of hydrogen-bond donors (Lipinski definition) is 4. The van der Waals surface area contributed by atoms with Crippen LogP contribution in [-0.2, 0) is 0 Å². The third-order valence-electron chi connectivity index (χ3n) is 6.04. The minimum Gasteiger partial charge on any atom is -1.00 e. The summed E-state index contributed by atoms with van der Waals surface area (Å²) in [6, 6.07) is 90.8. The SMILES string of the molecule is CC.CC.CC.CC.CC.CC.CC.CC.CC.CC.CC.CC.CCC.CCC.CO.CO.CO.CO.[Cl-].[Cl-].c1ccc([I+]c2ccccc2)cc1.c1ccc([I+]c2ccccc2)cc1.c1ccccc1.c1ccccc1.c1ccccc1.c1ccccc1. The molecule has 8 aromatic rings. The van der Waals surface area contributed by atoms with E-state index in [2.05, 4.69) is 149 Å². The fourth-order valence-electron chi connectivity index (χ4n) is 3.70. The zero-order valence-corrected chi connectivity index (χ0v) is 69.9. The molecule has 0 aliphatic heterocycles. The van der Waals surface area contributed by atoms with Crippen LogP contribution in [0.15, 0.2) is 267 Å². The van der Waals surface area contributed by atoms with Crippen LogP contribution in [0.3, 0.4) is 0 Å². The lowest BCUT2D eigenvalue weighted by atomic mass is 10.4. The van der Waals surface area contributed by atoms with E-state index in [-0.39, 0.29) is 67.2 Å². The van der Waals surface area contributed by atoms with Gasteiger partial charge >= 0.3 is 42.4 Å². The van der Waals surface area contributed by atoms with Crippen LogP contribution >= 0.6 is 0 Å². The van der Waals surface area contributed by atoms with Gasteiger partial charge in [-0.3, -0.25) is 0 Å². The quantitative estimate of drug-likeness (QED) is 0.132. The first-order chi connectivity index (χ1) is 43.7. The topological polar surface area (TPSA) is 80.9 Å². The molecule has 0 unspecified atom stereocenters. The maximum Gasteiger partial charge on any atom is 0.357 e. The van der Waals surface area contributed by atoms with Crippen molar-refractivity contribution in [2.24, 2.45) is 0 Å². The number of hydrogen-bond acceptors (Lipinski definition) is 4. The third kappa shape index (κ3) is 161. The second kappa shape index (κ2) is 191. The lowest BCUT2D eigenvalue weighted by Gasteiger charge is -1.84. The molecule has 0 saturated carbocycles. The van der Waals surface area contributed by atoms with Crippen molar-refractivity contribution in [2.45, 2.75) is 207 Å². The van der Waals surface area contributed by atoms with Gasteiger partial charge in [0.2, 0.25) is 0 Å². The summed E-state index contributed by atoms with van der Waals surface area (Å²) in [6.07, 6.45) is 2.50. The van der Waals surface area contributed by atoms with Crippen LogP contribution in [0.25, 0.3) is 0 Å². The lowest BCUT2D eigenvalue weighted by Crippen LogP contribution is -3.61. The second-order valence-electron chi connectivity index (χ2n) is 11.4. The zero-order chi connectivity index (χ0) is 72.3. The number of rotatable bonds is 4. The van der Waals surface area contributed by atoms with E-state index in [1.54, 1.807) is 0 Å². The Hall–Kier alpha value is -4.36. The largest absolute Gasteiger partial charge is 1.00 e. The van der Waals surface area contributed by atoms with Crippen molar-refractivity contribution in [3.63, 3.8) is 0 Å². The Balaban J connectivity index is -0.0000000395. The van der Waals surface area contributed by atoms with Gasteiger partial charge in [-0.25, -0.2) is 0 Å². The summed E-state index contributed by atoms with van der Waals surface area (Å²) in [6.45, 7) is 56.5. The molecule has 8 aromatic carbocycles. The van der Waals surface area contributed by atoms with Gasteiger partial charge in [0.1, 0.15) is 0 Å². The Morgan fingerprint density at radius 1 is 0.167 bits per heavy atom. The molecule has 0 spiro atoms. The first-order valence-corrected chi connectivity index (χ1v) is 37.3. The molecule has 0 radical (unpaired) electrons. The minimum atomic E-state index is 0. The normalized spacial score (nSPS) is 6.44. The maximum atomic E-state index is 7.00. The van der Waals surface area contributed by atoms with Crippen LogP contribution < -0.4 is 67.2 Å². The highest BCUT2D eigenvalue weighted by Gasteiger charge is 2.13. The molecule has 90 heavy (non-hydrogen) atoms. The summed E-state index contributed by atoms with van der Waals surface area (Å²) < 4.78 is 5.92. The van der Waals surface area contributed by atoms with Crippen molar-refractivity contribution in [1.82, 2.24) is 0 Å². The van der Waals surface area contributed by atoms with Crippen molar-refractivity contribution >= 4 is 0 Å². The van der Waals surface area contributed by atoms with Gasteiger partial charge in [0, 0.05) is 28.4 Å². The number of aliphatic hydroxyl groups excluding tert-OH is 4. The monoisotopic (exact) mass is 1520 g/mol. The van der Waals surface area contributed by atoms with Gasteiger partial charge in [-0.15, -0.1) is 0 Å². The molecule has 0 atom stereocenters. The fraction of sp³-hybridized carbons (Fsp3) is 0.415. The molecule has 0 aliphatic carbocycles. The average molecular weight is 1520 g/mol. The molecule has 0 bridgehead atoms. The van der Waals surface area contributed by atoms with Crippen LogP contribution in [0, 0.1) is 14.3 Å². The van der Waals surface area contributed by atoms with Crippen molar-refractivity contribution in [1.29, 1.82) is 0 Å². The van der Waals surface area contributed by atoms with Gasteiger partial charge in [-0.1, -0.05) is 425 Å². The van der Waals surface area contributed by atoms with E-state index < -0.39 is 0 Å². The summed E-state index contributed by atoms with van der Waals surface area (Å²) in [4.78, 5) is 0. The summed E-state index contributed by atoms with van der Waals surface area (Å²) >= 11 is 0.0574. The zero-order valence-electron chi connectivity index (χ0n) is 64.1. The smallest absolute Gasteiger partial charge is 0.357 e. The molecule has 0 amide bonds. The number of halogens is 4. The van der Waals surface area contributed by atoms with Gasteiger partial charge in [0.25, 0.3) is 0 Å². The lowest BCUT2D eigenvalue weighted by molar-refractivity contribution is -0.597. The molecule has 0 fully saturated rings. The summed E-state index contributed by atoms with van der Waals surface area (Å²) in [5.74, 6) is 0. The van der Waals surface area contributed by atoms with E-state index in [0.29, 0.717) is 0 Å².